The maximum Gasteiger partial charge on any atom is 0.264 e. The van der Waals surface area contributed by atoms with Crippen LogP contribution >= 0.6 is 0 Å². The Morgan fingerprint density at radius 1 is 1.07 bits per heavy atom. The molecule has 0 unspecified atom stereocenters. The zero-order chi connectivity index (χ0) is 20.8. The maximum absolute atomic E-state index is 13.8. The van der Waals surface area contributed by atoms with Gasteiger partial charge < -0.3 is 5.73 Å². The fourth-order valence-electron chi connectivity index (χ4n) is 4.46. The maximum atomic E-state index is 13.8. The summed E-state index contributed by atoms with van der Waals surface area (Å²) in [5.74, 6) is 6.37. The predicted octanol–water partition coefficient (Wildman–Crippen LogP) is 3.24. The topological polar surface area (TPSA) is 65.8 Å². The van der Waals surface area contributed by atoms with Crippen molar-refractivity contribution in [3.05, 3.63) is 93.2 Å². The highest BCUT2D eigenvalue weighted by Gasteiger charge is 2.26. The Bertz CT molecular complexity index is 1400. The SMILES string of the molecule is C[C@H](N)c1c2c3c(ccc(C#Cc4cnn(C)c4)c3c(=O)n1-c1ccccc1)CC2. The summed E-state index contributed by atoms with van der Waals surface area (Å²) in [5.41, 5.74) is 12.0. The van der Waals surface area contributed by atoms with E-state index < -0.39 is 0 Å². The summed E-state index contributed by atoms with van der Waals surface area (Å²) in [7, 11) is 1.86. The Morgan fingerprint density at radius 3 is 2.57 bits per heavy atom. The first kappa shape index (κ1) is 18.4. The minimum Gasteiger partial charge on any atom is -0.323 e. The van der Waals surface area contributed by atoms with E-state index in [2.05, 4.69) is 23.0 Å². The molecular formula is C25H22N4O. The van der Waals surface area contributed by atoms with Crippen LogP contribution in [0.4, 0.5) is 0 Å². The van der Waals surface area contributed by atoms with Crippen LogP contribution in [-0.4, -0.2) is 14.3 Å². The second-order valence-corrected chi connectivity index (χ2v) is 7.80. The average Bonchev–Trinajstić information content (AvgIpc) is 3.36. The molecule has 5 rings (SSSR count). The smallest absolute Gasteiger partial charge is 0.264 e. The molecule has 0 aliphatic heterocycles. The van der Waals surface area contributed by atoms with Gasteiger partial charge in [-0.2, -0.15) is 5.10 Å². The standard InChI is InChI=1S/C25H22N4O/c1-16(26)24-21-13-12-18-10-11-19(9-8-17-14-27-28(2)15-17)23(22(18)21)25(30)29(24)20-6-4-3-5-7-20/h3-7,10-11,14-16H,12-13,26H2,1-2H3/t16-/m0/s1. The predicted molar refractivity (Wildman–Crippen MR) is 119 cm³/mol. The van der Waals surface area contributed by atoms with Gasteiger partial charge in [-0.15, -0.1) is 0 Å². The summed E-state index contributed by atoms with van der Waals surface area (Å²) in [6.07, 6.45) is 5.39. The van der Waals surface area contributed by atoms with Crippen molar-refractivity contribution < 1.29 is 0 Å². The van der Waals surface area contributed by atoms with Gasteiger partial charge in [0.1, 0.15) is 0 Å². The van der Waals surface area contributed by atoms with Crippen molar-refractivity contribution in [2.24, 2.45) is 12.8 Å². The fraction of sp³-hybridized carbons (Fsp3) is 0.200. The van der Waals surface area contributed by atoms with E-state index in [-0.39, 0.29) is 11.6 Å². The summed E-state index contributed by atoms with van der Waals surface area (Å²) in [6.45, 7) is 1.95. The third-order valence-corrected chi connectivity index (χ3v) is 5.70. The van der Waals surface area contributed by atoms with Gasteiger partial charge in [-0.25, -0.2) is 0 Å². The molecule has 0 spiro atoms. The number of pyridine rings is 1. The minimum atomic E-state index is -0.256. The quantitative estimate of drug-likeness (QED) is 0.531. The van der Waals surface area contributed by atoms with E-state index in [1.165, 1.54) is 11.1 Å². The molecular weight excluding hydrogens is 372 g/mol. The van der Waals surface area contributed by atoms with Crippen LogP contribution in [0, 0.1) is 11.8 Å². The molecule has 0 saturated heterocycles. The largest absolute Gasteiger partial charge is 0.323 e. The Kier molecular flexibility index (Phi) is 4.30. The molecule has 5 nitrogen and oxygen atoms in total. The lowest BCUT2D eigenvalue weighted by atomic mass is 9.97. The van der Waals surface area contributed by atoms with E-state index in [9.17, 15) is 4.79 Å². The molecule has 2 heterocycles. The number of benzene rings is 2. The van der Waals surface area contributed by atoms with Crippen molar-refractivity contribution >= 4 is 10.8 Å². The van der Waals surface area contributed by atoms with Gasteiger partial charge in [-0.05, 0) is 54.5 Å². The van der Waals surface area contributed by atoms with Crippen LogP contribution in [0.15, 0.2) is 59.7 Å². The third kappa shape index (κ3) is 2.85. The monoisotopic (exact) mass is 394 g/mol. The Balaban J connectivity index is 1.86. The van der Waals surface area contributed by atoms with Crippen LogP contribution in [-0.2, 0) is 19.9 Å². The normalized spacial score (nSPS) is 13.3. The molecule has 1 aliphatic rings. The second-order valence-electron chi connectivity index (χ2n) is 7.80. The van der Waals surface area contributed by atoms with E-state index in [0.29, 0.717) is 5.39 Å². The molecule has 1 atom stereocenters. The van der Waals surface area contributed by atoms with Crippen LogP contribution in [0.1, 0.15) is 40.9 Å². The molecule has 30 heavy (non-hydrogen) atoms. The fourth-order valence-corrected chi connectivity index (χ4v) is 4.46. The number of rotatable bonds is 2. The Hall–Kier alpha value is -3.62. The highest BCUT2D eigenvalue weighted by atomic mass is 16.1. The highest BCUT2D eigenvalue weighted by Crippen LogP contribution is 2.35. The lowest BCUT2D eigenvalue weighted by Crippen LogP contribution is -2.28. The molecule has 2 N–H and O–H groups in total. The van der Waals surface area contributed by atoms with Crippen LogP contribution in [0.5, 0.6) is 0 Å². The molecule has 4 aromatic rings. The Labute approximate surface area is 174 Å². The van der Waals surface area contributed by atoms with Crippen LogP contribution in [0.2, 0.25) is 0 Å². The number of para-hydroxylation sites is 1. The number of hydrogen-bond donors (Lipinski definition) is 1. The number of hydrogen-bond acceptors (Lipinski definition) is 3. The molecule has 0 fully saturated rings. The summed E-state index contributed by atoms with van der Waals surface area (Å²) < 4.78 is 3.50. The van der Waals surface area contributed by atoms with Crippen LogP contribution < -0.4 is 11.3 Å². The molecule has 0 radical (unpaired) electrons. The van der Waals surface area contributed by atoms with E-state index >= 15 is 0 Å². The second kappa shape index (κ2) is 7.01. The van der Waals surface area contributed by atoms with Gasteiger partial charge in [0.2, 0.25) is 0 Å². The van der Waals surface area contributed by atoms with Crippen molar-refractivity contribution in [1.29, 1.82) is 0 Å². The average molecular weight is 394 g/mol. The first-order valence-corrected chi connectivity index (χ1v) is 10.1. The number of nitrogens with two attached hydrogens (primary N) is 1. The van der Waals surface area contributed by atoms with Crippen molar-refractivity contribution in [3.8, 4) is 17.5 Å². The first-order chi connectivity index (χ1) is 14.5. The zero-order valence-electron chi connectivity index (χ0n) is 17.0. The van der Waals surface area contributed by atoms with Gasteiger partial charge in [-0.1, -0.05) is 36.1 Å². The van der Waals surface area contributed by atoms with Crippen molar-refractivity contribution in [2.45, 2.75) is 25.8 Å². The zero-order valence-corrected chi connectivity index (χ0v) is 17.0. The van der Waals surface area contributed by atoms with E-state index in [1.54, 1.807) is 15.4 Å². The summed E-state index contributed by atoms with van der Waals surface area (Å²) in [6, 6.07) is 13.5. The van der Waals surface area contributed by atoms with Gasteiger partial charge in [0, 0.05) is 36.2 Å². The summed E-state index contributed by atoms with van der Waals surface area (Å²) in [5, 5.41) is 5.89. The summed E-state index contributed by atoms with van der Waals surface area (Å²) in [4.78, 5) is 13.8. The molecule has 5 heteroatoms. The molecule has 0 saturated carbocycles. The van der Waals surface area contributed by atoms with Gasteiger partial charge in [0.05, 0.1) is 17.1 Å². The number of aromatic nitrogens is 3. The molecule has 0 bridgehead atoms. The lowest BCUT2D eigenvalue weighted by Gasteiger charge is -2.21. The van der Waals surface area contributed by atoms with Crippen molar-refractivity contribution in [2.75, 3.05) is 0 Å². The highest BCUT2D eigenvalue weighted by molar-refractivity contribution is 5.95. The van der Waals surface area contributed by atoms with Crippen LogP contribution in [0.25, 0.3) is 16.5 Å². The molecule has 148 valence electrons. The van der Waals surface area contributed by atoms with Gasteiger partial charge in [-0.3, -0.25) is 14.0 Å². The summed E-state index contributed by atoms with van der Waals surface area (Å²) >= 11 is 0. The van der Waals surface area contributed by atoms with Crippen molar-refractivity contribution in [3.63, 3.8) is 0 Å². The van der Waals surface area contributed by atoms with Gasteiger partial charge in [0.25, 0.3) is 5.56 Å². The van der Waals surface area contributed by atoms with Crippen molar-refractivity contribution in [1.82, 2.24) is 14.3 Å². The molecule has 0 amide bonds. The third-order valence-electron chi connectivity index (χ3n) is 5.70. The van der Waals surface area contributed by atoms with E-state index in [1.807, 2.05) is 56.6 Å². The molecule has 2 aromatic carbocycles. The van der Waals surface area contributed by atoms with Gasteiger partial charge >= 0.3 is 0 Å². The van der Waals surface area contributed by atoms with Gasteiger partial charge in [0.15, 0.2) is 0 Å². The first-order valence-electron chi connectivity index (χ1n) is 10.1. The molecule has 1 aliphatic carbocycles. The van der Waals surface area contributed by atoms with E-state index in [4.69, 9.17) is 5.73 Å². The Morgan fingerprint density at radius 2 is 1.87 bits per heavy atom. The lowest BCUT2D eigenvalue weighted by molar-refractivity contribution is 0.718. The van der Waals surface area contributed by atoms with E-state index in [0.717, 1.165) is 40.7 Å². The van der Waals surface area contributed by atoms with Crippen LogP contribution in [0.3, 0.4) is 0 Å². The molecule has 2 aromatic heterocycles. The number of aryl methyl sites for hydroxylation is 3. The number of nitrogens with zero attached hydrogens (tertiary/aromatic N) is 3. The minimum absolute atomic E-state index is 0.0634.